The Balaban J connectivity index is 2.16. The normalized spacial score (nSPS) is 27.7. The summed E-state index contributed by atoms with van der Waals surface area (Å²) in [6, 6.07) is 5.76. The quantitative estimate of drug-likeness (QED) is 0.832. The lowest BCUT2D eigenvalue weighted by Crippen LogP contribution is -2.52. The highest BCUT2D eigenvalue weighted by atomic mass is 35.5. The number of rotatable bonds is 2. The maximum absolute atomic E-state index is 9.29. The standard InChI is InChI=1S/C14H18BClO2/c1-13(2,3)9-4-5-12(11(16)6-9)18-14(15)7-10(17)8-14/h4-6,10,17H,7-8H2,1-3H3. The zero-order valence-corrected chi connectivity index (χ0v) is 11.8. The van der Waals surface area contributed by atoms with Crippen molar-refractivity contribution in [2.24, 2.45) is 0 Å². The molecule has 1 saturated carbocycles. The fourth-order valence-corrected chi connectivity index (χ4v) is 2.31. The molecular formula is C14H18BClO2. The van der Waals surface area contributed by atoms with Crippen LogP contribution in [0.25, 0.3) is 0 Å². The van der Waals surface area contributed by atoms with Crippen LogP contribution < -0.4 is 4.74 Å². The van der Waals surface area contributed by atoms with Crippen molar-refractivity contribution in [2.75, 3.05) is 0 Å². The fraction of sp³-hybridized carbons (Fsp3) is 0.571. The molecule has 0 spiro atoms. The number of ether oxygens (including phenoxy) is 1. The molecule has 18 heavy (non-hydrogen) atoms. The molecule has 0 unspecified atom stereocenters. The molecule has 1 aromatic rings. The minimum atomic E-state index is -0.772. The maximum Gasteiger partial charge on any atom is 0.137 e. The highest BCUT2D eigenvalue weighted by molar-refractivity contribution is 6.32. The van der Waals surface area contributed by atoms with Gasteiger partial charge in [-0.05, 0) is 23.1 Å². The van der Waals surface area contributed by atoms with E-state index in [2.05, 4.69) is 20.8 Å². The summed E-state index contributed by atoms with van der Waals surface area (Å²) in [5.41, 5.74) is 0.432. The van der Waals surface area contributed by atoms with E-state index in [9.17, 15) is 5.11 Å². The van der Waals surface area contributed by atoms with Gasteiger partial charge in [-0.15, -0.1) is 0 Å². The number of halogens is 1. The summed E-state index contributed by atoms with van der Waals surface area (Å²) >= 11 is 6.22. The zero-order chi connectivity index (χ0) is 13.6. The van der Waals surface area contributed by atoms with Crippen LogP contribution in [0.5, 0.6) is 5.75 Å². The fourth-order valence-electron chi connectivity index (χ4n) is 2.09. The Morgan fingerprint density at radius 2 is 2.00 bits per heavy atom. The van der Waals surface area contributed by atoms with E-state index in [1.54, 1.807) is 0 Å². The summed E-state index contributed by atoms with van der Waals surface area (Å²) in [7, 11) is 5.98. The smallest absolute Gasteiger partial charge is 0.137 e. The lowest BCUT2D eigenvalue weighted by Gasteiger charge is -2.43. The lowest BCUT2D eigenvalue weighted by atomic mass is 9.64. The molecule has 0 aromatic heterocycles. The summed E-state index contributed by atoms with van der Waals surface area (Å²) in [5, 5.41) is 9.85. The number of hydrogen-bond acceptors (Lipinski definition) is 2. The first-order valence-electron chi connectivity index (χ1n) is 6.16. The Bertz CT molecular complexity index is 448. The summed E-state index contributed by atoms with van der Waals surface area (Å²) in [4.78, 5) is 0. The second-order valence-electron chi connectivity index (χ2n) is 6.12. The van der Waals surface area contributed by atoms with E-state index in [-0.39, 0.29) is 11.5 Å². The molecule has 2 nitrogen and oxygen atoms in total. The van der Waals surface area contributed by atoms with E-state index in [0.717, 1.165) is 5.56 Å². The van der Waals surface area contributed by atoms with Crippen LogP contribution in [-0.2, 0) is 5.41 Å². The summed E-state index contributed by atoms with van der Waals surface area (Å²) < 4.78 is 5.69. The molecule has 96 valence electrons. The molecule has 0 bridgehead atoms. The van der Waals surface area contributed by atoms with Crippen molar-refractivity contribution in [3.63, 3.8) is 0 Å². The van der Waals surface area contributed by atoms with Crippen LogP contribution in [0.3, 0.4) is 0 Å². The van der Waals surface area contributed by atoms with Crippen LogP contribution in [0.2, 0.25) is 5.02 Å². The molecule has 0 amide bonds. The number of benzene rings is 1. The van der Waals surface area contributed by atoms with Gasteiger partial charge in [-0.2, -0.15) is 0 Å². The van der Waals surface area contributed by atoms with Gasteiger partial charge in [-0.25, -0.2) is 0 Å². The molecule has 4 heteroatoms. The van der Waals surface area contributed by atoms with Crippen molar-refractivity contribution in [1.82, 2.24) is 0 Å². The van der Waals surface area contributed by atoms with E-state index in [4.69, 9.17) is 24.2 Å². The third-order valence-corrected chi connectivity index (χ3v) is 3.57. The first kappa shape index (κ1) is 13.8. The predicted octanol–water partition coefficient (Wildman–Crippen LogP) is 3.04. The van der Waals surface area contributed by atoms with Gasteiger partial charge in [0, 0.05) is 12.8 Å². The van der Waals surface area contributed by atoms with Crippen molar-refractivity contribution in [1.29, 1.82) is 0 Å². The summed E-state index contributed by atoms with van der Waals surface area (Å²) in [5.74, 6) is 0.582. The van der Waals surface area contributed by atoms with Crippen LogP contribution >= 0.6 is 11.6 Å². The van der Waals surface area contributed by atoms with E-state index >= 15 is 0 Å². The van der Waals surface area contributed by atoms with Gasteiger partial charge >= 0.3 is 0 Å². The second kappa shape index (κ2) is 4.46. The Hall–Kier alpha value is -0.665. The molecular weight excluding hydrogens is 246 g/mol. The molecule has 1 aromatic carbocycles. The second-order valence-corrected chi connectivity index (χ2v) is 6.53. The summed E-state index contributed by atoms with van der Waals surface area (Å²) in [6.45, 7) is 6.39. The van der Waals surface area contributed by atoms with Gasteiger partial charge in [0.25, 0.3) is 0 Å². The van der Waals surface area contributed by atoms with Crippen LogP contribution in [0.4, 0.5) is 0 Å². The molecule has 0 aliphatic heterocycles. The van der Waals surface area contributed by atoms with Crippen LogP contribution in [0.15, 0.2) is 18.2 Å². The Morgan fingerprint density at radius 1 is 1.39 bits per heavy atom. The van der Waals surface area contributed by atoms with Gasteiger partial charge in [0.05, 0.1) is 16.6 Å². The van der Waals surface area contributed by atoms with Gasteiger partial charge in [-0.1, -0.05) is 38.4 Å². The SMILES string of the molecule is [B]C1(Oc2ccc(C(C)(C)C)cc2Cl)CC(O)C1. The van der Waals surface area contributed by atoms with Crippen molar-refractivity contribution in [3.8, 4) is 5.75 Å². The molecule has 1 fully saturated rings. The average Bonchev–Trinajstić information content (AvgIpc) is 2.17. The minimum Gasteiger partial charge on any atom is -0.496 e. The van der Waals surface area contributed by atoms with Crippen LogP contribution in [0, 0.1) is 0 Å². The lowest BCUT2D eigenvalue weighted by molar-refractivity contribution is -0.0396. The van der Waals surface area contributed by atoms with E-state index in [1.165, 1.54) is 0 Å². The van der Waals surface area contributed by atoms with Crippen LogP contribution in [-0.4, -0.2) is 24.6 Å². The molecule has 0 heterocycles. The molecule has 2 radical (unpaired) electrons. The third kappa shape index (κ3) is 2.84. The van der Waals surface area contributed by atoms with Crippen molar-refractivity contribution in [2.45, 2.75) is 50.6 Å². The first-order chi connectivity index (χ1) is 8.20. The Morgan fingerprint density at radius 3 is 2.44 bits per heavy atom. The molecule has 0 atom stereocenters. The van der Waals surface area contributed by atoms with E-state index < -0.39 is 5.50 Å². The summed E-state index contributed by atoms with van der Waals surface area (Å²) in [6.07, 6.45) is 0.539. The topological polar surface area (TPSA) is 29.5 Å². The van der Waals surface area contributed by atoms with Gasteiger partial charge in [0.15, 0.2) is 0 Å². The van der Waals surface area contributed by atoms with E-state index in [0.29, 0.717) is 23.6 Å². The van der Waals surface area contributed by atoms with Gasteiger partial charge in [0.2, 0.25) is 0 Å². The van der Waals surface area contributed by atoms with Gasteiger partial charge in [0.1, 0.15) is 13.6 Å². The molecule has 1 N–H and O–H groups in total. The van der Waals surface area contributed by atoms with E-state index in [1.807, 2.05) is 18.2 Å². The molecule has 0 saturated heterocycles. The van der Waals surface area contributed by atoms with Crippen molar-refractivity contribution < 1.29 is 9.84 Å². The zero-order valence-electron chi connectivity index (χ0n) is 11.0. The van der Waals surface area contributed by atoms with Crippen molar-refractivity contribution >= 4 is 19.4 Å². The Labute approximate surface area is 115 Å². The number of hydrogen-bond donors (Lipinski definition) is 1. The monoisotopic (exact) mass is 264 g/mol. The molecule has 2 rings (SSSR count). The van der Waals surface area contributed by atoms with Crippen molar-refractivity contribution in [3.05, 3.63) is 28.8 Å². The number of aliphatic hydroxyl groups excluding tert-OH is 1. The third-order valence-electron chi connectivity index (χ3n) is 3.27. The largest absolute Gasteiger partial charge is 0.496 e. The van der Waals surface area contributed by atoms with Crippen LogP contribution in [0.1, 0.15) is 39.2 Å². The average molecular weight is 265 g/mol. The first-order valence-corrected chi connectivity index (χ1v) is 6.53. The van der Waals surface area contributed by atoms with Gasteiger partial charge in [-0.3, -0.25) is 0 Å². The molecule has 1 aliphatic carbocycles. The maximum atomic E-state index is 9.29. The minimum absolute atomic E-state index is 0.0508. The highest BCUT2D eigenvalue weighted by Gasteiger charge is 2.41. The van der Waals surface area contributed by atoms with Gasteiger partial charge < -0.3 is 9.84 Å². The Kier molecular flexibility index (Phi) is 3.41. The highest BCUT2D eigenvalue weighted by Crippen LogP contribution is 2.38. The molecule has 1 aliphatic rings. The number of aliphatic hydroxyl groups is 1. The predicted molar refractivity (Wildman–Crippen MR) is 74.5 cm³/mol.